The predicted molar refractivity (Wildman–Crippen MR) is 132 cm³/mol. The molecule has 11 heteroatoms. The second kappa shape index (κ2) is 9.08. The van der Waals surface area contributed by atoms with E-state index in [1.807, 2.05) is 6.92 Å². The van der Waals surface area contributed by atoms with Crippen LogP contribution in [0.5, 0.6) is 0 Å². The minimum atomic E-state index is -3.79. The summed E-state index contributed by atoms with van der Waals surface area (Å²) in [7, 11) is -3.79. The number of sulfone groups is 1. The van der Waals surface area contributed by atoms with E-state index in [0.717, 1.165) is 21.6 Å². The van der Waals surface area contributed by atoms with Gasteiger partial charge in [0, 0.05) is 9.50 Å². The fourth-order valence-corrected chi connectivity index (χ4v) is 4.62. The first-order valence-corrected chi connectivity index (χ1v) is 12.8. The molecule has 176 valence electrons. The van der Waals surface area contributed by atoms with E-state index in [2.05, 4.69) is 20.9 Å². The molecule has 1 aromatic heterocycles. The van der Waals surface area contributed by atoms with Crippen LogP contribution >= 0.6 is 27.5 Å². The smallest absolute Gasteiger partial charge is 0.434 e. The average Bonchev–Trinajstić information content (AvgIpc) is 2.70. The number of aromatic nitrogens is 2. The number of hydrogen-bond donors (Lipinski definition) is 0. The van der Waals surface area contributed by atoms with E-state index >= 15 is 0 Å². The fourth-order valence-electron chi connectivity index (χ4n) is 3.06. The number of rotatable bonds is 4. The molecule has 0 aliphatic heterocycles. The van der Waals surface area contributed by atoms with Crippen LogP contribution in [0.3, 0.4) is 0 Å². The molecular weight excluding hydrogens is 534 g/mol. The Hall–Kier alpha value is -2.43. The number of halogens is 2. The lowest BCUT2D eigenvalue weighted by Crippen LogP contribution is -2.46. The fraction of sp³-hybridized carbons (Fsp3) is 0.318. The average molecular weight is 557 g/mol. The van der Waals surface area contributed by atoms with Crippen LogP contribution in [0.4, 0.5) is 10.5 Å². The summed E-state index contributed by atoms with van der Waals surface area (Å²) in [5.74, 6) is -0.221. The quantitative estimate of drug-likeness (QED) is 0.442. The van der Waals surface area contributed by atoms with Crippen LogP contribution in [-0.4, -0.2) is 35.5 Å². The van der Waals surface area contributed by atoms with E-state index in [-0.39, 0.29) is 26.7 Å². The van der Waals surface area contributed by atoms with Gasteiger partial charge in [-0.25, -0.2) is 18.2 Å². The number of benzene rings is 2. The van der Waals surface area contributed by atoms with Crippen molar-refractivity contribution in [1.82, 2.24) is 9.66 Å². The molecule has 2 aromatic carbocycles. The van der Waals surface area contributed by atoms with Gasteiger partial charge in [-0.15, -0.1) is 0 Å². The van der Waals surface area contributed by atoms with Gasteiger partial charge >= 0.3 is 6.09 Å². The molecule has 0 N–H and O–H groups in total. The van der Waals surface area contributed by atoms with Gasteiger partial charge in [0.1, 0.15) is 11.9 Å². The number of aryl methyl sites for hydroxylation is 1. The minimum absolute atomic E-state index is 0.118. The maximum absolute atomic E-state index is 13.5. The van der Waals surface area contributed by atoms with Crippen molar-refractivity contribution in [3.8, 4) is 0 Å². The Morgan fingerprint density at radius 1 is 1.24 bits per heavy atom. The van der Waals surface area contributed by atoms with Crippen molar-refractivity contribution >= 4 is 60.1 Å². The Morgan fingerprint density at radius 2 is 1.91 bits per heavy atom. The molecule has 0 unspecified atom stereocenters. The Bertz CT molecular complexity index is 1410. The van der Waals surface area contributed by atoms with Crippen LogP contribution in [0.2, 0.25) is 5.02 Å². The summed E-state index contributed by atoms with van der Waals surface area (Å²) < 4.78 is 32.8. The van der Waals surface area contributed by atoms with Crippen LogP contribution in [0.15, 0.2) is 50.8 Å². The van der Waals surface area contributed by atoms with Crippen molar-refractivity contribution in [3.63, 3.8) is 0 Å². The van der Waals surface area contributed by atoms with E-state index < -0.39 is 27.1 Å². The zero-order valence-electron chi connectivity index (χ0n) is 18.7. The monoisotopic (exact) mass is 555 g/mol. The number of amides is 1. The molecule has 33 heavy (non-hydrogen) atoms. The standard InChI is InChI=1S/C22H23BrClN3O5S/c1-6-33(30,31)19-8-7-14(24)10-18(19)27(21(29)32-22(3,4)5)26-12-25-17-9-13(2)16(23)11-15(17)20(26)28/h7-12H,6H2,1-5H3. The highest BCUT2D eigenvalue weighted by atomic mass is 79.9. The molecule has 0 saturated heterocycles. The lowest BCUT2D eigenvalue weighted by molar-refractivity contribution is 0.0561. The summed E-state index contributed by atoms with van der Waals surface area (Å²) in [6.07, 6.45) is 0.192. The highest BCUT2D eigenvalue weighted by molar-refractivity contribution is 9.10. The van der Waals surface area contributed by atoms with Crippen molar-refractivity contribution in [2.75, 3.05) is 10.8 Å². The lowest BCUT2D eigenvalue weighted by Gasteiger charge is -2.29. The second-order valence-corrected chi connectivity index (χ2v) is 11.9. The minimum Gasteiger partial charge on any atom is -0.442 e. The van der Waals surface area contributed by atoms with Crippen molar-refractivity contribution in [3.05, 3.63) is 62.1 Å². The van der Waals surface area contributed by atoms with E-state index in [0.29, 0.717) is 9.99 Å². The van der Waals surface area contributed by atoms with E-state index in [9.17, 15) is 18.0 Å². The molecule has 0 spiro atoms. The third kappa shape index (κ3) is 5.23. The normalized spacial score (nSPS) is 12.1. The molecule has 3 aromatic rings. The van der Waals surface area contributed by atoms with Crippen molar-refractivity contribution in [2.45, 2.75) is 45.1 Å². The first kappa shape index (κ1) is 25.2. The van der Waals surface area contributed by atoms with E-state index in [1.54, 1.807) is 32.9 Å². The van der Waals surface area contributed by atoms with Gasteiger partial charge in [-0.1, -0.05) is 34.5 Å². The first-order chi connectivity index (χ1) is 15.2. The molecule has 0 aliphatic carbocycles. The largest absolute Gasteiger partial charge is 0.442 e. The number of carbonyl (C=O) groups is 1. The van der Waals surface area contributed by atoms with Gasteiger partial charge < -0.3 is 4.74 Å². The number of fused-ring (bicyclic) bond motifs is 1. The third-order valence-electron chi connectivity index (χ3n) is 4.67. The Labute approximate surface area is 205 Å². The SMILES string of the molecule is CCS(=O)(=O)c1ccc(Cl)cc1N(C(=O)OC(C)(C)C)n1cnc2cc(C)c(Br)cc2c1=O. The van der Waals surface area contributed by atoms with Crippen LogP contribution < -0.4 is 10.6 Å². The van der Waals surface area contributed by atoms with Gasteiger partial charge in [0.05, 0.1) is 27.2 Å². The third-order valence-corrected chi connectivity index (χ3v) is 7.53. The Kier molecular flexibility index (Phi) is 6.93. The summed E-state index contributed by atoms with van der Waals surface area (Å²) >= 11 is 9.57. The zero-order chi connectivity index (χ0) is 24.7. The van der Waals surface area contributed by atoms with Crippen molar-refractivity contribution < 1.29 is 17.9 Å². The predicted octanol–water partition coefficient (Wildman–Crippen LogP) is 5.12. The molecular formula is C22H23BrClN3O5S. The topological polar surface area (TPSA) is 98.6 Å². The summed E-state index contributed by atoms with van der Waals surface area (Å²) in [4.78, 5) is 30.9. The molecule has 0 atom stereocenters. The molecule has 8 nitrogen and oxygen atoms in total. The number of hydrogen-bond acceptors (Lipinski definition) is 6. The zero-order valence-corrected chi connectivity index (χ0v) is 21.9. The van der Waals surface area contributed by atoms with Gasteiger partial charge in [-0.05, 0) is 63.6 Å². The van der Waals surface area contributed by atoms with E-state index in [4.69, 9.17) is 16.3 Å². The Morgan fingerprint density at radius 3 is 2.52 bits per heavy atom. The van der Waals surface area contributed by atoms with Crippen molar-refractivity contribution in [2.24, 2.45) is 0 Å². The lowest BCUT2D eigenvalue weighted by atomic mass is 10.2. The molecule has 0 radical (unpaired) electrons. The van der Waals surface area contributed by atoms with E-state index in [1.165, 1.54) is 25.1 Å². The molecule has 0 saturated carbocycles. The van der Waals surface area contributed by atoms with Crippen LogP contribution in [0.25, 0.3) is 10.9 Å². The highest BCUT2D eigenvalue weighted by Crippen LogP contribution is 2.31. The molecule has 1 heterocycles. The summed E-state index contributed by atoms with van der Waals surface area (Å²) in [6, 6.07) is 7.34. The van der Waals surface area contributed by atoms with Crippen LogP contribution in [-0.2, 0) is 14.6 Å². The Balaban J connectivity index is 2.38. The number of nitrogens with zero attached hydrogens (tertiary/aromatic N) is 3. The first-order valence-electron chi connectivity index (χ1n) is 9.98. The number of carbonyl (C=O) groups excluding carboxylic acids is 1. The molecule has 0 aliphatic rings. The summed E-state index contributed by atoms with van der Waals surface area (Å²) in [6.45, 7) is 8.32. The summed E-state index contributed by atoms with van der Waals surface area (Å²) in [5.41, 5.74) is -0.332. The molecule has 3 rings (SSSR count). The maximum Gasteiger partial charge on any atom is 0.434 e. The van der Waals surface area contributed by atoms with Gasteiger partial charge in [0.2, 0.25) is 0 Å². The van der Waals surface area contributed by atoms with Gasteiger partial charge in [-0.2, -0.15) is 9.69 Å². The van der Waals surface area contributed by atoms with Crippen molar-refractivity contribution in [1.29, 1.82) is 0 Å². The molecule has 0 fully saturated rings. The highest BCUT2D eigenvalue weighted by Gasteiger charge is 2.31. The molecule has 0 bridgehead atoms. The van der Waals surface area contributed by atoms with Gasteiger partial charge in [0.15, 0.2) is 9.84 Å². The second-order valence-electron chi connectivity index (χ2n) is 8.32. The number of ether oxygens (including phenoxy) is 1. The van der Waals surface area contributed by atoms with Gasteiger partial charge in [-0.3, -0.25) is 4.79 Å². The number of anilines is 1. The van der Waals surface area contributed by atoms with Crippen LogP contribution in [0, 0.1) is 6.92 Å². The summed E-state index contributed by atoms with van der Waals surface area (Å²) in [5, 5.41) is 1.25. The maximum atomic E-state index is 13.5. The van der Waals surface area contributed by atoms with Gasteiger partial charge in [0.25, 0.3) is 5.56 Å². The van der Waals surface area contributed by atoms with Crippen LogP contribution in [0.1, 0.15) is 33.3 Å². The molecule has 1 amide bonds.